The van der Waals surface area contributed by atoms with E-state index in [1.165, 1.54) is 10.9 Å². The van der Waals surface area contributed by atoms with Gasteiger partial charge in [0.2, 0.25) is 0 Å². The number of benzene rings is 1. The maximum absolute atomic E-state index is 9.19. The summed E-state index contributed by atoms with van der Waals surface area (Å²) in [5.74, 6) is 0.773. The Labute approximate surface area is 169 Å². The van der Waals surface area contributed by atoms with Gasteiger partial charge in [0.25, 0.3) is 10.1 Å². The number of aryl methyl sites for hydroxylation is 2. The van der Waals surface area contributed by atoms with Crippen LogP contribution in [0.3, 0.4) is 0 Å². The minimum absolute atomic E-state index is 0.715. The first-order chi connectivity index (χ1) is 13.6. The number of fused-ring (bicyclic) bond motifs is 1. The van der Waals surface area contributed by atoms with E-state index in [1.807, 2.05) is 24.3 Å². The standard InChI is InChI=1S/C20H19N3O.CH4O3S/c1-12-8-13(2)21-16(12)10-19-20(24-3)11-18(23-19)17-9-14-6-4-5-7-15(14)22-17;1-5(2,3)4/h4-11,21-22H,1-3H3;1H3,(H,2,3,4)/b19-10+;. The van der Waals surface area contributed by atoms with Crippen LogP contribution in [-0.2, 0) is 14.9 Å². The molecule has 3 aromatic rings. The van der Waals surface area contributed by atoms with Crippen LogP contribution in [0, 0.1) is 13.8 Å². The molecule has 2 aromatic heterocycles. The average Bonchev–Trinajstić information content (AvgIpc) is 3.30. The number of H-pyrrole nitrogens is 2. The Bertz CT molecular complexity index is 1200. The zero-order valence-corrected chi connectivity index (χ0v) is 17.5. The van der Waals surface area contributed by atoms with Crippen LogP contribution in [-0.4, -0.2) is 42.0 Å². The molecule has 0 radical (unpaired) electrons. The van der Waals surface area contributed by atoms with E-state index in [9.17, 15) is 8.42 Å². The zero-order chi connectivity index (χ0) is 21.2. The molecule has 1 aliphatic heterocycles. The topological polar surface area (TPSA) is 108 Å². The lowest BCUT2D eigenvalue weighted by Gasteiger charge is -2.01. The molecular weight excluding hydrogens is 390 g/mol. The summed E-state index contributed by atoms with van der Waals surface area (Å²) in [6.07, 6.45) is 4.72. The number of ether oxygens (including phenoxy) is 1. The Hall–Kier alpha value is -3.10. The predicted octanol–water partition coefficient (Wildman–Crippen LogP) is 3.99. The van der Waals surface area contributed by atoms with Gasteiger partial charge in [-0.3, -0.25) is 4.55 Å². The third kappa shape index (κ3) is 5.24. The van der Waals surface area contributed by atoms with Gasteiger partial charge in [0.1, 0.15) is 11.5 Å². The number of allylic oxidation sites excluding steroid dienone is 1. The fraction of sp³-hybridized carbons (Fsp3) is 0.190. The van der Waals surface area contributed by atoms with Gasteiger partial charge >= 0.3 is 0 Å². The van der Waals surface area contributed by atoms with Gasteiger partial charge in [0.15, 0.2) is 0 Å². The van der Waals surface area contributed by atoms with E-state index >= 15 is 0 Å². The lowest BCUT2D eigenvalue weighted by atomic mass is 10.2. The number of hydrogen-bond donors (Lipinski definition) is 3. The highest BCUT2D eigenvalue weighted by atomic mass is 32.2. The van der Waals surface area contributed by atoms with Crippen molar-refractivity contribution in [2.75, 3.05) is 13.4 Å². The van der Waals surface area contributed by atoms with Crippen LogP contribution in [0.2, 0.25) is 0 Å². The van der Waals surface area contributed by atoms with Crippen molar-refractivity contribution in [1.29, 1.82) is 0 Å². The number of nitrogens with one attached hydrogen (secondary N) is 2. The molecule has 0 unspecified atom stereocenters. The molecule has 0 fully saturated rings. The molecule has 7 nitrogen and oxygen atoms in total. The summed E-state index contributed by atoms with van der Waals surface area (Å²) in [5.41, 5.74) is 7.22. The molecule has 29 heavy (non-hydrogen) atoms. The predicted molar refractivity (Wildman–Crippen MR) is 116 cm³/mol. The molecule has 0 atom stereocenters. The number of rotatable bonds is 3. The lowest BCUT2D eigenvalue weighted by molar-refractivity contribution is 0.303. The number of methoxy groups -OCH3 is 1. The number of aliphatic imine (C=N–C) groups is 1. The van der Waals surface area contributed by atoms with E-state index in [4.69, 9.17) is 14.3 Å². The molecule has 1 aromatic carbocycles. The summed E-state index contributed by atoms with van der Waals surface area (Å²) >= 11 is 0. The van der Waals surface area contributed by atoms with E-state index in [0.717, 1.165) is 39.8 Å². The molecule has 0 amide bonds. The Kier molecular flexibility index (Phi) is 5.76. The molecule has 0 spiro atoms. The summed E-state index contributed by atoms with van der Waals surface area (Å²) < 4.78 is 31.4. The lowest BCUT2D eigenvalue weighted by Crippen LogP contribution is -1.93. The van der Waals surface area contributed by atoms with Crippen LogP contribution in [0.1, 0.15) is 22.6 Å². The molecule has 152 valence electrons. The third-order valence-corrected chi connectivity index (χ3v) is 4.26. The first-order valence-electron chi connectivity index (χ1n) is 8.87. The smallest absolute Gasteiger partial charge is 0.261 e. The van der Waals surface area contributed by atoms with Gasteiger partial charge in [-0.2, -0.15) is 8.42 Å². The third-order valence-electron chi connectivity index (χ3n) is 4.26. The van der Waals surface area contributed by atoms with Crippen molar-refractivity contribution in [3.05, 3.63) is 76.6 Å². The van der Waals surface area contributed by atoms with Crippen molar-refractivity contribution in [3.8, 4) is 0 Å². The average molecular weight is 413 g/mol. The number of nitrogens with zero attached hydrogens (tertiary/aromatic N) is 1. The van der Waals surface area contributed by atoms with Crippen LogP contribution in [0.5, 0.6) is 0 Å². The number of aromatic amines is 2. The number of aromatic nitrogens is 2. The fourth-order valence-electron chi connectivity index (χ4n) is 3.07. The second-order valence-electron chi connectivity index (χ2n) is 6.79. The van der Waals surface area contributed by atoms with E-state index < -0.39 is 10.1 Å². The molecule has 0 aliphatic carbocycles. The van der Waals surface area contributed by atoms with Crippen molar-refractivity contribution in [1.82, 2.24) is 9.97 Å². The highest BCUT2D eigenvalue weighted by Gasteiger charge is 2.18. The van der Waals surface area contributed by atoms with Crippen molar-refractivity contribution in [2.24, 2.45) is 4.99 Å². The Morgan fingerprint density at radius 2 is 1.83 bits per heavy atom. The maximum atomic E-state index is 9.19. The Morgan fingerprint density at radius 3 is 2.41 bits per heavy atom. The largest absolute Gasteiger partial charge is 0.494 e. The van der Waals surface area contributed by atoms with Crippen molar-refractivity contribution >= 4 is 32.8 Å². The van der Waals surface area contributed by atoms with Gasteiger partial charge in [-0.25, -0.2) is 4.99 Å². The molecule has 1 aliphatic rings. The monoisotopic (exact) mass is 413 g/mol. The molecule has 3 heterocycles. The van der Waals surface area contributed by atoms with Crippen LogP contribution in [0.15, 0.2) is 58.9 Å². The molecule has 3 N–H and O–H groups in total. The van der Waals surface area contributed by atoms with Gasteiger partial charge < -0.3 is 14.7 Å². The van der Waals surface area contributed by atoms with E-state index in [-0.39, 0.29) is 0 Å². The quantitative estimate of drug-likeness (QED) is 0.564. The first kappa shape index (κ1) is 20.6. The van der Waals surface area contributed by atoms with Crippen LogP contribution < -0.4 is 0 Å². The minimum atomic E-state index is -3.67. The van der Waals surface area contributed by atoms with E-state index in [1.54, 1.807) is 7.11 Å². The van der Waals surface area contributed by atoms with Gasteiger partial charge in [-0.05, 0) is 43.7 Å². The molecule has 0 saturated heterocycles. The highest BCUT2D eigenvalue weighted by molar-refractivity contribution is 7.85. The maximum Gasteiger partial charge on any atom is 0.261 e. The Morgan fingerprint density at radius 1 is 1.14 bits per heavy atom. The van der Waals surface area contributed by atoms with Crippen molar-refractivity contribution < 1.29 is 17.7 Å². The van der Waals surface area contributed by atoms with Crippen molar-refractivity contribution in [2.45, 2.75) is 13.8 Å². The van der Waals surface area contributed by atoms with Gasteiger partial charge in [0, 0.05) is 28.4 Å². The number of hydrogen-bond acceptors (Lipinski definition) is 4. The second kappa shape index (κ2) is 8.10. The zero-order valence-electron chi connectivity index (χ0n) is 16.6. The summed E-state index contributed by atoms with van der Waals surface area (Å²) in [5, 5.41) is 1.18. The van der Waals surface area contributed by atoms with Gasteiger partial charge in [-0.15, -0.1) is 0 Å². The molecule has 0 bridgehead atoms. The first-order valence-corrected chi connectivity index (χ1v) is 10.7. The van der Waals surface area contributed by atoms with Gasteiger partial charge in [0.05, 0.1) is 24.8 Å². The normalized spacial score (nSPS) is 15.1. The highest BCUT2D eigenvalue weighted by Crippen LogP contribution is 2.27. The molecule has 0 saturated carbocycles. The van der Waals surface area contributed by atoms with Crippen LogP contribution in [0.25, 0.3) is 17.0 Å². The summed E-state index contributed by atoms with van der Waals surface area (Å²) in [6, 6.07) is 12.5. The summed E-state index contributed by atoms with van der Waals surface area (Å²) in [6.45, 7) is 4.14. The van der Waals surface area contributed by atoms with Crippen LogP contribution >= 0.6 is 0 Å². The molecular formula is C21H23N3O4S. The van der Waals surface area contributed by atoms with Crippen LogP contribution in [0.4, 0.5) is 0 Å². The van der Waals surface area contributed by atoms with E-state index in [2.05, 4.69) is 48.1 Å². The van der Waals surface area contributed by atoms with Crippen molar-refractivity contribution in [3.63, 3.8) is 0 Å². The SMILES string of the molecule is COC1=CC(c2cc3ccccc3[nH]2)=N/C1=C/c1[nH]c(C)cc1C.CS(=O)(=O)O. The van der Waals surface area contributed by atoms with E-state index in [0.29, 0.717) is 6.26 Å². The summed E-state index contributed by atoms with van der Waals surface area (Å²) in [4.78, 5) is 11.5. The minimum Gasteiger partial charge on any atom is -0.494 e. The second-order valence-corrected chi connectivity index (χ2v) is 8.26. The number of para-hydroxylation sites is 1. The summed E-state index contributed by atoms with van der Waals surface area (Å²) in [7, 11) is -1.99. The molecule has 4 rings (SSSR count). The Balaban J connectivity index is 0.000000431. The fourth-order valence-corrected chi connectivity index (χ4v) is 3.07. The van der Waals surface area contributed by atoms with Gasteiger partial charge in [-0.1, -0.05) is 18.2 Å². The molecule has 8 heteroatoms.